The summed E-state index contributed by atoms with van der Waals surface area (Å²) in [5.41, 5.74) is 2.03. The Balaban J connectivity index is 1.71. The molecule has 1 unspecified atom stereocenters. The monoisotopic (exact) mass is 310 g/mol. The molecular weight excluding hydrogens is 288 g/mol. The first-order valence-electron chi connectivity index (χ1n) is 7.60. The third-order valence-corrected chi connectivity index (χ3v) is 5.80. The van der Waals surface area contributed by atoms with Gasteiger partial charge in [0.2, 0.25) is 10.0 Å². The Labute approximate surface area is 126 Å². The number of piperidine rings is 1. The zero-order valence-electron chi connectivity index (χ0n) is 12.4. The molecule has 0 N–H and O–H groups in total. The maximum absolute atomic E-state index is 11.9. The van der Waals surface area contributed by atoms with Crippen molar-refractivity contribution in [3.63, 3.8) is 0 Å². The molecule has 6 heteroatoms. The molecule has 1 atom stereocenters. The summed E-state index contributed by atoms with van der Waals surface area (Å²) < 4.78 is 27.0. The summed E-state index contributed by atoms with van der Waals surface area (Å²) in [4.78, 5) is 11.9. The highest BCUT2D eigenvalue weighted by atomic mass is 32.2. The Morgan fingerprint density at radius 1 is 1.24 bits per heavy atom. The fourth-order valence-corrected chi connectivity index (χ4v) is 4.40. The first-order chi connectivity index (χ1) is 9.93. The summed E-state index contributed by atoms with van der Waals surface area (Å²) in [6.07, 6.45) is 9.85. The molecule has 0 aromatic carbocycles. The fraction of sp³-hybridized carbons (Fsp3) is 0.667. The van der Waals surface area contributed by atoms with Gasteiger partial charge in [-0.3, -0.25) is 4.79 Å². The first kappa shape index (κ1) is 14.8. The molecule has 1 aromatic heterocycles. The Kier molecular flexibility index (Phi) is 3.92. The van der Waals surface area contributed by atoms with E-state index in [1.54, 1.807) is 4.31 Å². The molecule has 21 heavy (non-hydrogen) atoms. The number of aryl methyl sites for hydroxylation is 1. The Hall–Kier alpha value is -1.14. The van der Waals surface area contributed by atoms with Crippen LogP contribution >= 0.6 is 0 Å². The molecular formula is C15H22N2O3S. The summed E-state index contributed by atoms with van der Waals surface area (Å²) in [7, 11) is -3.09. The van der Waals surface area contributed by atoms with Crippen LogP contribution in [-0.4, -0.2) is 42.4 Å². The van der Waals surface area contributed by atoms with Gasteiger partial charge in [0.15, 0.2) is 5.78 Å². The largest absolute Gasteiger partial charge is 0.353 e. The van der Waals surface area contributed by atoms with Gasteiger partial charge in [0.25, 0.3) is 0 Å². The number of fused-ring (bicyclic) bond motifs is 1. The number of carbonyl (C=O) groups is 1. The van der Waals surface area contributed by atoms with Crippen LogP contribution in [0.2, 0.25) is 0 Å². The molecule has 0 amide bonds. The van der Waals surface area contributed by atoms with Crippen LogP contribution in [0.15, 0.2) is 12.4 Å². The van der Waals surface area contributed by atoms with Crippen LogP contribution in [-0.2, 0) is 23.0 Å². The molecule has 0 bridgehead atoms. The number of hydrogen-bond acceptors (Lipinski definition) is 3. The fourth-order valence-electron chi connectivity index (χ4n) is 3.46. The van der Waals surface area contributed by atoms with Crippen molar-refractivity contribution < 1.29 is 13.2 Å². The smallest absolute Gasteiger partial charge is 0.211 e. The molecule has 1 aromatic rings. The molecule has 1 fully saturated rings. The van der Waals surface area contributed by atoms with Crippen LogP contribution in [0.3, 0.4) is 0 Å². The first-order valence-corrected chi connectivity index (χ1v) is 9.45. The zero-order valence-corrected chi connectivity index (χ0v) is 13.2. The number of ketones is 1. The van der Waals surface area contributed by atoms with Crippen LogP contribution in [0.1, 0.15) is 41.6 Å². The molecule has 1 saturated heterocycles. The molecule has 5 nitrogen and oxygen atoms in total. The van der Waals surface area contributed by atoms with Crippen molar-refractivity contribution in [2.45, 2.75) is 38.6 Å². The van der Waals surface area contributed by atoms with Gasteiger partial charge in [-0.1, -0.05) is 0 Å². The predicted molar refractivity (Wildman–Crippen MR) is 80.8 cm³/mol. The highest BCUT2D eigenvalue weighted by Crippen LogP contribution is 2.25. The maximum atomic E-state index is 11.9. The highest BCUT2D eigenvalue weighted by molar-refractivity contribution is 7.88. The van der Waals surface area contributed by atoms with Gasteiger partial charge in [0.1, 0.15) is 0 Å². The van der Waals surface area contributed by atoms with E-state index in [0.717, 1.165) is 43.4 Å². The number of aromatic nitrogens is 1. The van der Waals surface area contributed by atoms with Gasteiger partial charge in [-0.25, -0.2) is 12.7 Å². The minimum Gasteiger partial charge on any atom is -0.353 e. The van der Waals surface area contributed by atoms with Crippen LogP contribution in [0.4, 0.5) is 0 Å². The lowest BCUT2D eigenvalue weighted by Crippen LogP contribution is -2.40. The van der Waals surface area contributed by atoms with Gasteiger partial charge in [-0.05, 0) is 37.2 Å². The van der Waals surface area contributed by atoms with Gasteiger partial charge in [-0.2, -0.15) is 0 Å². The van der Waals surface area contributed by atoms with Gasteiger partial charge < -0.3 is 4.57 Å². The average Bonchev–Trinajstić information content (AvgIpc) is 2.82. The Morgan fingerprint density at radius 3 is 2.76 bits per heavy atom. The molecule has 0 spiro atoms. The summed E-state index contributed by atoms with van der Waals surface area (Å²) in [6.45, 7) is 2.03. The van der Waals surface area contributed by atoms with E-state index in [1.165, 1.54) is 6.26 Å². The second kappa shape index (κ2) is 5.57. The van der Waals surface area contributed by atoms with Gasteiger partial charge >= 0.3 is 0 Å². The summed E-state index contributed by atoms with van der Waals surface area (Å²) in [6, 6.07) is 0. The molecule has 116 valence electrons. The Bertz CT molecular complexity index is 648. The zero-order chi connectivity index (χ0) is 15.0. The number of Topliss-reactive ketones (excluding diaryl/α,β-unsaturated/α-hetero) is 1. The SMILES string of the molecule is CS(=O)(=O)N1CCCC(Cn2cc3c(c2)C(=O)CCC3)C1. The van der Waals surface area contributed by atoms with E-state index in [-0.39, 0.29) is 5.78 Å². The molecule has 1 aliphatic heterocycles. The lowest BCUT2D eigenvalue weighted by molar-refractivity contribution is 0.0973. The lowest BCUT2D eigenvalue weighted by Gasteiger charge is -2.31. The van der Waals surface area contributed by atoms with Gasteiger partial charge in [0, 0.05) is 44.0 Å². The van der Waals surface area contributed by atoms with Crippen molar-refractivity contribution in [1.29, 1.82) is 0 Å². The summed E-state index contributed by atoms with van der Waals surface area (Å²) in [5, 5.41) is 0. The van der Waals surface area contributed by atoms with Crippen LogP contribution in [0, 0.1) is 5.92 Å². The van der Waals surface area contributed by atoms with Gasteiger partial charge in [-0.15, -0.1) is 0 Å². The van der Waals surface area contributed by atoms with Crippen molar-refractivity contribution in [2.75, 3.05) is 19.3 Å². The van der Waals surface area contributed by atoms with Crippen molar-refractivity contribution in [3.05, 3.63) is 23.5 Å². The molecule has 2 heterocycles. The van der Waals surface area contributed by atoms with Crippen LogP contribution in [0.25, 0.3) is 0 Å². The molecule has 0 radical (unpaired) electrons. The van der Waals surface area contributed by atoms with E-state index in [9.17, 15) is 13.2 Å². The van der Waals surface area contributed by atoms with Gasteiger partial charge in [0.05, 0.1) is 6.26 Å². The van der Waals surface area contributed by atoms with Crippen molar-refractivity contribution in [3.8, 4) is 0 Å². The third kappa shape index (κ3) is 3.21. The maximum Gasteiger partial charge on any atom is 0.211 e. The molecule has 1 aliphatic carbocycles. The van der Waals surface area contributed by atoms with E-state index in [2.05, 4.69) is 10.8 Å². The summed E-state index contributed by atoms with van der Waals surface area (Å²) in [5.74, 6) is 0.578. The van der Waals surface area contributed by atoms with E-state index < -0.39 is 10.0 Å². The normalized spacial score (nSPS) is 24.0. The van der Waals surface area contributed by atoms with E-state index in [4.69, 9.17) is 0 Å². The number of carbonyl (C=O) groups excluding carboxylic acids is 1. The minimum absolute atomic E-state index is 0.247. The molecule has 0 saturated carbocycles. The second-order valence-corrected chi connectivity index (χ2v) is 8.28. The molecule has 3 rings (SSSR count). The lowest BCUT2D eigenvalue weighted by atomic mass is 9.95. The predicted octanol–water partition coefficient (Wildman–Crippen LogP) is 1.68. The molecule has 2 aliphatic rings. The third-order valence-electron chi connectivity index (χ3n) is 4.53. The van der Waals surface area contributed by atoms with E-state index >= 15 is 0 Å². The van der Waals surface area contributed by atoms with Crippen LogP contribution in [0.5, 0.6) is 0 Å². The average molecular weight is 310 g/mol. The number of hydrogen-bond donors (Lipinski definition) is 0. The number of sulfonamides is 1. The quantitative estimate of drug-likeness (QED) is 0.853. The number of rotatable bonds is 3. The van der Waals surface area contributed by atoms with Crippen molar-refractivity contribution in [1.82, 2.24) is 8.87 Å². The minimum atomic E-state index is -3.09. The van der Waals surface area contributed by atoms with Crippen LogP contribution < -0.4 is 0 Å². The van der Waals surface area contributed by atoms with E-state index in [1.807, 2.05) is 6.20 Å². The van der Waals surface area contributed by atoms with Crippen molar-refractivity contribution >= 4 is 15.8 Å². The van der Waals surface area contributed by atoms with Crippen molar-refractivity contribution in [2.24, 2.45) is 5.92 Å². The Morgan fingerprint density at radius 2 is 2.05 bits per heavy atom. The number of nitrogens with zero attached hydrogens (tertiary/aromatic N) is 2. The summed E-state index contributed by atoms with van der Waals surface area (Å²) >= 11 is 0. The topological polar surface area (TPSA) is 59.4 Å². The standard InChI is InChI=1S/C15H22N2O3S/c1-21(19,20)17-7-3-4-12(9-17)8-16-10-13-5-2-6-15(18)14(13)11-16/h10-12H,2-9H2,1H3. The van der Waals surface area contributed by atoms with E-state index in [0.29, 0.717) is 25.4 Å². The second-order valence-electron chi connectivity index (χ2n) is 6.30. The highest BCUT2D eigenvalue weighted by Gasteiger charge is 2.27.